The summed E-state index contributed by atoms with van der Waals surface area (Å²) < 4.78 is 13.0. The van der Waals surface area contributed by atoms with E-state index in [9.17, 15) is 9.59 Å². The molecule has 36 heavy (non-hydrogen) atoms. The number of fused-ring (bicyclic) bond motifs is 1. The van der Waals surface area contributed by atoms with Crippen molar-refractivity contribution in [2.75, 3.05) is 24.3 Å². The highest BCUT2D eigenvalue weighted by molar-refractivity contribution is 7.99. The van der Waals surface area contributed by atoms with E-state index in [4.69, 9.17) is 14.5 Å². The first-order valence-electron chi connectivity index (χ1n) is 11.6. The molecule has 0 atom stereocenters. The molecule has 2 aromatic carbocycles. The Bertz CT molecular complexity index is 1350. The van der Waals surface area contributed by atoms with Crippen molar-refractivity contribution in [3.8, 4) is 5.75 Å². The van der Waals surface area contributed by atoms with Crippen molar-refractivity contribution in [1.29, 1.82) is 0 Å². The third-order valence-corrected chi connectivity index (χ3v) is 7.35. The van der Waals surface area contributed by atoms with Crippen molar-refractivity contribution in [3.63, 3.8) is 0 Å². The number of carbonyl (C=O) groups is 2. The number of para-hydroxylation sites is 2. The molecular weight excluding hydrogens is 496 g/mol. The van der Waals surface area contributed by atoms with Crippen LogP contribution in [-0.2, 0) is 27.3 Å². The quantitative estimate of drug-likeness (QED) is 0.217. The molecule has 1 N–H and O–H groups in total. The zero-order valence-electron chi connectivity index (χ0n) is 20.4. The molecule has 4 aromatic rings. The third kappa shape index (κ3) is 6.64. The number of esters is 1. The first-order valence-corrected chi connectivity index (χ1v) is 13.4. The van der Waals surface area contributed by atoms with Crippen LogP contribution in [0.2, 0.25) is 0 Å². The summed E-state index contributed by atoms with van der Waals surface area (Å²) in [6.07, 6.45) is 0.149. The second-order valence-electron chi connectivity index (χ2n) is 8.04. The van der Waals surface area contributed by atoms with E-state index in [1.807, 2.05) is 62.4 Å². The van der Waals surface area contributed by atoms with Crippen LogP contribution in [0.1, 0.15) is 23.1 Å². The molecule has 188 valence electrons. The van der Waals surface area contributed by atoms with Crippen LogP contribution in [0.15, 0.2) is 53.7 Å². The third-order valence-electron chi connectivity index (χ3n) is 5.31. The number of rotatable bonds is 11. The molecule has 0 spiro atoms. The molecule has 0 saturated heterocycles. The van der Waals surface area contributed by atoms with Crippen molar-refractivity contribution >= 4 is 51.1 Å². The lowest BCUT2D eigenvalue weighted by Gasteiger charge is -2.11. The van der Waals surface area contributed by atoms with Crippen LogP contribution in [0.25, 0.3) is 11.0 Å². The number of nitrogens with zero attached hydrogens (tertiary/aromatic N) is 3. The number of ether oxygens (including phenoxy) is 2. The molecule has 0 fully saturated rings. The summed E-state index contributed by atoms with van der Waals surface area (Å²) in [5.74, 6) is 0.502. The molecule has 0 aliphatic rings. The van der Waals surface area contributed by atoms with E-state index in [0.29, 0.717) is 30.6 Å². The van der Waals surface area contributed by atoms with Gasteiger partial charge >= 0.3 is 5.97 Å². The van der Waals surface area contributed by atoms with Gasteiger partial charge in [0.2, 0.25) is 5.91 Å². The minimum atomic E-state index is -0.303. The molecule has 0 aliphatic carbocycles. The average molecular weight is 525 g/mol. The van der Waals surface area contributed by atoms with E-state index in [0.717, 1.165) is 26.8 Å². The molecule has 4 rings (SSSR count). The zero-order valence-corrected chi connectivity index (χ0v) is 22.1. The summed E-state index contributed by atoms with van der Waals surface area (Å²) in [6, 6.07) is 15.8. The van der Waals surface area contributed by atoms with Gasteiger partial charge in [0.25, 0.3) is 0 Å². The number of amides is 1. The normalized spacial score (nSPS) is 11.0. The fourth-order valence-corrected chi connectivity index (χ4v) is 5.35. The van der Waals surface area contributed by atoms with Crippen molar-refractivity contribution < 1.29 is 19.1 Å². The van der Waals surface area contributed by atoms with E-state index in [1.54, 1.807) is 6.92 Å². The molecule has 2 aromatic heterocycles. The molecule has 0 saturated carbocycles. The molecule has 2 heterocycles. The number of nitrogens with one attached hydrogen (secondary N) is 1. The number of aryl methyl sites for hydroxylation is 2. The summed E-state index contributed by atoms with van der Waals surface area (Å²) in [4.78, 5) is 34.3. The lowest BCUT2D eigenvalue weighted by molar-refractivity contribution is -0.142. The van der Waals surface area contributed by atoms with Crippen molar-refractivity contribution in [2.24, 2.45) is 0 Å². The Morgan fingerprint density at radius 3 is 2.64 bits per heavy atom. The van der Waals surface area contributed by atoms with Gasteiger partial charge in [0, 0.05) is 4.88 Å². The maximum Gasteiger partial charge on any atom is 0.311 e. The molecule has 0 bridgehead atoms. The Hall–Kier alpha value is -3.37. The van der Waals surface area contributed by atoms with Crippen molar-refractivity contribution in [1.82, 2.24) is 14.5 Å². The Kier molecular flexibility index (Phi) is 8.61. The minimum Gasteiger partial charge on any atom is -0.492 e. The van der Waals surface area contributed by atoms with E-state index in [1.165, 1.54) is 28.7 Å². The van der Waals surface area contributed by atoms with Crippen LogP contribution >= 0.6 is 23.1 Å². The van der Waals surface area contributed by atoms with Gasteiger partial charge in [-0.2, -0.15) is 0 Å². The number of thioether (sulfide) groups is 1. The van der Waals surface area contributed by atoms with Gasteiger partial charge < -0.3 is 19.4 Å². The van der Waals surface area contributed by atoms with Crippen LogP contribution in [0.3, 0.4) is 0 Å². The molecule has 1 amide bonds. The number of imidazole rings is 1. The molecule has 10 heteroatoms. The number of hydrogen-bond acceptors (Lipinski definition) is 8. The van der Waals surface area contributed by atoms with Gasteiger partial charge in [-0.3, -0.25) is 9.59 Å². The largest absolute Gasteiger partial charge is 0.492 e. The first-order chi connectivity index (χ1) is 17.4. The highest BCUT2D eigenvalue weighted by atomic mass is 32.2. The van der Waals surface area contributed by atoms with Crippen LogP contribution in [-0.4, -0.2) is 45.4 Å². The Balaban J connectivity index is 1.38. The van der Waals surface area contributed by atoms with E-state index >= 15 is 0 Å². The number of aromatic nitrogens is 3. The van der Waals surface area contributed by atoms with Crippen LogP contribution in [0, 0.1) is 13.8 Å². The number of thiazole rings is 1. The second kappa shape index (κ2) is 12.0. The Labute approximate surface area is 218 Å². The van der Waals surface area contributed by atoms with E-state index in [-0.39, 0.29) is 24.1 Å². The summed E-state index contributed by atoms with van der Waals surface area (Å²) in [6.45, 7) is 7.04. The SMILES string of the molecule is CCOC(=O)Cc1sc(NC(=O)CSc2nc3ccccc3n2CCOc2ccc(C)cc2)nc1C. The van der Waals surface area contributed by atoms with Gasteiger partial charge in [-0.05, 0) is 45.0 Å². The van der Waals surface area contributed by atoms with Gasteiger partial charge in [0.15, 0.2) is 10.3 Å². The number of hydrogen-bond donors (Lipinski definition) is 1. The van der Waals surface area contributed by atoms with Crippen molar-refractivity contribution in [3.05, 3.63) is 64.7 Å². The fraction of sp³-hybridized carbons (Fsp3) is 0.308. The van der Waals surface area contributed by atoms with Crippen LogP contribution in [0.4, 0.5) is 5.13 Å². The maximum atomic E-state index is 12.7. The predicted octanol–water partition coefficient (Wildman–Crippen LogP) is 5.03. The Morgan fingerprint density at radius 2 is 1.86 bits per heavy atom. The first kappa shape index (κ1) is 25.7. The molecular formula is C26H28N4O4S2. The summed E-state index contributed by atoms with van der Waals surface area (Å²) in [5, 5.41) is 4.05. The van der Waals surface area contributed by atoms with Gasteiger partial charge in [-0.25, -0.2) is 9.97 Å². The van der Waals surface area contributed by atoms with E-state index < -0.39 is 0 Å². The fourth-order valence-electron chi connectivity index (χ4n) is 3.54. The van der Waals surface area contributed by atoms with Crippen molar-refractivity contribution in [2.45, 2.75) is 38.9 Å². The molecule has 0 radical (unpaired) electrons. The van der Waals surface area contributed by atoms with Gasteiger partial charge in [-0.1, -0.05) is 41.6 Å². The monoisotopic (exact) mass is 524 g/mol. The number of anilines is 1. The summed E-state index contributed by atoms with van der Waals surface area (Å²) in [7, 11) is 0. The lowest BCUT2D eigenvalue weighted by Crippen LogP contribution is -2.15. The lowest BCUT2D eigenvalue weighted by atomic mass is 10.2. The maximum absolute atomic E-state index is 12.7. The summed E-state index contributed by atoms with van der Waals surface area (Å²) in [5.41, 5.74) is 3.76. The van der Waals surface area contributed by atoms with Gasteiger partial charge in [0.1, 0.15) is 12.4 Å². The smallest absolute Gasteiger partial charge is 0.311 e. The molecule has 0 unspecified atom stereocenters. The Morgan fingerprint density at radius 1 is 1.08 bits per heavy atom. The number of carbonyl (C=O) groups excluding carboxylic acids is 2. The molecule has 8 nitrogen and oxygen atoms in total. The summed E-state index contributed by atoms with van der Waals surface area (Å²) >= 11 is 2.65. The average Bonchev–Trinajstić information content (AvgIpc) is 3.38. The highest BCUT2D eigenvalue weighted by Gasteiger charge is 2.16. The standard InChI is InChI=1S/C26H28N4O4S2/c1-4-33-24(32)15-22-18(3)27-25(36-22)29-23(31)16-35-26-28-20-7-5-6-8-21(20)30(26)13-14-34-19-11-9-17(2)10-12-19/h5-12H,4,13-16H2,1-3H3,(H,27,29,31). The molecule has 0 aliphatic heterocycles. The number of benzene rings is 2. The van der Waals surface area contributed by atoms with Gasteiger partial charge in [-0.15, -0.1) is 11.3 Å². The second-order valence-corrected chi connectivity index (χ2v) is 10.1. The van der Waals surface area contributed by atoms with Crippen LogP contribution < -0.4 is 10.1 Å². The minimum absolute atomic E-state index is 0.149. The zero-order chi connectivity index (χ0) is 25.5. The van der Waals surface area contributed by atoms with Crippen LogP contribution in [0.5, 0.6) is 5.75 Å². The topological polar surface area (TPSA) is 95.3 Å². The van der Waals surface area contributed by atoms with Gasteiger partial charge in [0.05, 0.1) is 42.1 Å². The highest BCUT2D eigenvalue weighted by Crippen LogP contribution is 2.26. The predicted molar refractivity (Wildman–Crippen MR) is 143 cm³/mol. The van der Waals surface area contributed by atoms with E-state index in [2.05, 4.69) is 14.9 Å².